The summed E-state index contributed by atoms with van der Waals surface area (Å²) in [5.41, 5.74) is 7.23. The second-order valence-electron chi connectivity index (χ2n) is 4.18. The lowest BCUT2D eigenvalue weighted by molar-refractivity contribution is 0.352. The van der Waals surface area contributed by atoms with Crippen molar-refractivity contribution in [1.29, 1.82) is 0 Å². The maximum Gasteiger partial charge on any atom is 0.174 e. The van der Waals surface area contributed by atoms with Crippen molar-refractivity contribution in [2.24, 2.45) is 5.73 Å². The Hall–Kier alpha value is -0.740. The van der Waals surface area contributed by atoms with E-state index in [9.17, 15) is 0 Å². The van der Waals surface area contributed by atoms with Crippen LogP contribution in [-0.2, 0) is 5.41 Å². The molecular formula is C12H16BrNO2. The zero-order valence-corrected chi connectivity index (χ0v) is 11.1. The highest BCUT2D eigenvalue weighted by atomic mass is 79.9. The first-order chi connectivity index (χ1) is 7.66. The van der Waals surface area contributed by atoms with Crippen LogP contribution >= 0.6 is 15.9 Å². The molecule has 0 saturated heterocycles. The van der Waals surface area contributed by atoms with Crippen molar-refractivity contribution in [2.75, 3.05) is 20.8 Å². The van der Waals surface area contributed by atoms with Gasteiger partial charge in [0.2, 0.25) is 0 Å². The van der Waals surface area contributed by atoms with Crippen molar-refractivity contribution in [1.82, 2.24) is 0 Å². The molecule has 1 aromatic rings. The summed E-state index contributed by atoms with van der Waals surface area (Å²) in [4.78, 5) is 0. The topological polar surface area (TPSA) is 44.5 Å². The zero-order valence-electron chi connectivity index (χ0n) is 9.55. The van der Waals surface area contributed by atoms with Crippen LogP contribution in [0.4, 0.5) is 0 Å². The standard InChI is InChI=1S/C12H16BrNO2/c1-15-10-6-8(12(7-14)3-4-12)5-9(13)11(10)16-2/h5-6H,3-4,7,14H2,1-2H3. The third-order valence-electron chi connectivity index (χ3n) is 3.29. The van der Waals surface area contributed by atoms with E-state index in [1.54, 1.807) is 14.2 Å². The van der Waals surface area contributed by atoms with Crippen LogP contribution in [0.15, 0.2) is 16.6 Å². The fourth-order valence-corrected chi connectivity index (χ4v) is 2.59. The minimum Gasteiger partial charge on any atom is -0.493 e. The zero-order chi connectivity index (χ0) is 11.8. The van der Waals surface area contributed by atoms with Crippen LogP contribution in [0.2, 0.25) is 0 Å². The number of nitrogens with two attached hydrogens (primary N) is 1. The Kier molecular flexibility index (Phi) is 3.13. The van der Waals surface area contributed by atoms with E-state index in [4.69, 9.17) is 15.2 Å². The summed E-state index contributed by atoms with van der Waals surface area (Å²) in [6.45, 7) is 0.689. The smallest absolute Gasteiger partial charge is 0.174 e. The SMILES string of the molecule is COc1cc(C2(CN)CC2)cc(Br)c1OC. The Morgan fingerprint density at radius 3 is 2.44 bits per heavy atom. The lowest BCUT2D eigenvalue weighted by atomic mass is 9.96. The Morgan fingerprint density at radius 2 is 2.00 bits per heavy atom. The number of benzene rings is 1. The van der Waals surface area contributed by atoms with Crippen molar-refractivity contribution in [3.63, 3.8) is 0 Å². The first kappa shape index (κ1) is 11.7. The van der Waals surface area contributed by atoms with Gasteiger partial charge in [0.15, 0.2) is 11.5 Å². The summed E-state index contributed by atoms with van der Waals surface area (Å²) in [7, 11) is 3.29. The number of halogens is 1. The molecule has 4 heteroatoms. The van der Waals surface area contributed by atoms with E-state index in [1.165, 1.54) is 5.56 Å². The summed E-state index contributed by atoms with van der Waals surface area (Å²) in [5.74, 6) is 1.49. The summed E-state index contributed by atoms with van der Waals surface area (Å²) < 4.78 is 11.5. The van der Waals surface area contributed by atoms with Crippen LogP contribution < -0.4 is 15.2 Å². The Morgan fingerprint density at radius 1 is 1.31 bits per heavy atom. The van der Waals surface area contributed by atoms with Gasteiger partial charge in [0.05, 0.1) is 18.7 Å². The first-order valence-electron chi connectivity index (χ1n) is 5.29. The molecule has 1 aliphatic rings. The van der Waals surface area contributed by atoms with E-state index < -0.39 is 0 Å². The summed E-state index contributed by atoms with van der Waals surface area (Å²) >= 11 is 3.50. The van der Waals surface area contributed by atoms with Gasteiger partial charge in [-0.1, -0.05) is 0 Å². The molecule has 3 nitrogen and oxygen atoms in total. The highest BCUT2D eigenvalue weighted by Crippen LogP contribution is 2.50. The Bertz CT molecular complexity index is 402. The van der Waals surface area contributed by atoms with Crippen molar-refractivity contribution in [3.05, 3.63) is 22.2 Å². The molecule has 1 aliphatic carbocycles. The maximum absolute atomic E-state index is 5.83. The molecule has 0 spiro atoms. The molecule has 0 radical (unpaired) electrons. The minimum atomic E-state index is 0.169. The summed E-state index contributed by atoms with van der Waals surface area (Å²) in [6, 6.07) is 4.12. The highest BCUT2D eigenvalue weighted by molar-refractivity contribution is 9.10. The molecule has 0 heterocycles. The predicted octanol–water partition coefficient (Wildman–Crippen LogP) is 2.46. The molecule has 1 aromatic carbocycles. The number of hydrogen-bond acceptors (Lipinski definition) is 3. The molecule has 0 aromatic heterocycles. The molecule has 88 valence electrons. The number of methoxy groups -OCH3 is 2. The van der Waals surface area contributed by atoms with E-state index in [1.807, 2.05) is 6.07 Å². The first-order valence-corrected chi connectivity index (χ1v) is 6.08. The lowest BCUT2D eigenvalue weighted by Gasteiger charge is -2.17. The third kappa shape index (κ3) is 1.80. The van der Waals surface area contributed by atoms with Gasteiger partial charge in [0.1, 0.15) is 0 Å². The number of ether oxygens (including phenoxy) is 2. The van der Waals surface area contributed by atoms with Crippen LogP contribution in [0.25, 0.3) is 0 Å². The summed E-state index contributed by atoms with van der Waals surface area (Å²) in [6.07, 6.45) is 2.32. The van der Waals surface area contributed by atoms with E-state index in [0.29, 0.717) is 6.54 Å². The minimum absolute atomic E-state index is 0.169. The maximum atomic E-state index is 5.83. The second kappa shape index (κ2) is 4.26. The van der Waals surface area contributed by atoms with Crippen molar-refractivity contribution >= 4 is 15.9 Å². The molecule has 16 heavy (non-hydrogen) atoms. The van der Waals surface area contributed by atoms with Gasteiger partial charge in [0, 0.05) is 12.0 Å². The second-order valence-corrected chi connectivity index (χ2v) is 5.03. The molecule has 1 fully saturated rings. The van der Waals surface area contributed by atoms with Gasteiger partial charge in [-0.25, -0.2) is 0 Å². The van der Waals surface area contributed by atoms with Gasteiger partial charge in [0.25, 0.3) is 0 Å². The molecule has 2 rings (SSSR count). The van der Waals surface area contributed by atoms with Gasteiger partial charge < -0.3 is 15.2 Å². The van der Waals surface area contributed by atoms with Gasteiger partial charge >= 0.3 is 0 Å². The quantitative estimate of drug-likeness (QED) is 0.924. The van der Waals surface area contributed by atoms with Gasteiger partial charge in [-0.05, 0) is 46.5 Å². The van der Waals surface area contributed by atoms with E-state index >= 15 is 0 Å². The monoisotopic (exact) mass is 285 g/mol. The molecule has 0 unspecified atom stereocenters. The van der Waals surface area contributed by atoms with Crippen molar-refractivity contribution in [3.8, 4) is 11.5 Å². The highest BCUT2D eigenvalue weighted by Gasteiger charge is 2.43. The largest absolute Gasteiger partial charge is 0.493 e. The Labute approximate surface area is 104 Å². The normalized spacial score (nSPS) is 17.0. The number of rotatable bonds is 4. The van der Waals surface area contributed by atoms with Crippen LogP contribution in [0.5, 0.6) is 11.5 Å². The van der Waals surface area contributed by atoms with Gasteiger partial charge in [-0.3, -0.25) is 0 Å². The molecule has 1 saturated carbocycles. The van der Waals surface area contributed by atoms with Crippen LogP contribution in [-0.4, -0.2) is 20.8 Å². The van der Waals surface area contributed by atoms with E-state index in [2.05, 4.69) is 22.0 Å². The third-order valence-corrected chi connectivity index (χ3v) is 3.88. The van der Waals surface area contributed by atoms with Crippen LogP contribution in [0, 0.1) is 0 Å². The molecule has 0 aliphatic heterocycles. The summed E-state index contributed by atoms with van der Waals surface area (Å²) in [5, 5.41) is 0. The van der Waals surface area contributed by atoms with E-state index in [0.717, 1.165) is 28.8 Å². The molecule has 2 N–H and O–H groups in total. The van der Waals surface area contributed by atoms with Gasteiger partial charge in [-0.15, -0.1) is 0 Å². The molecule has 0 atom stereocenters. The van der Waals surface area contributed by atoms with Gasteiger partial charge in [-0.2, -0.15) is 0 Å². The lowest BCUT2D eigenvalue weighted by Crippen LogP contribution is -2.19. The van der Waals surface area contributed by atoms with Crippen molar-refractivity contribution in [2.45, 2.75) is 18.3 Å². The van der Waals surface area contributed by atoms with E-state index in [-0.39, 0.29) is 5.41 Å². The fraction of sp³-hybridized carbons (Fsp3) is 0.500. The molecule has 0 bridgehead atoms. The molecule has 0 amide bonds. The fourth-order valence-electron chi connectivity index (χ4n) is 1.99. The van der Waals surface area contributed by atoms with Crippen LogP contribution in [0.1, 0.15) is 18.4 Å². The number of hydrogen-bond donors (Lipinski definition) is 1. The van der Waals surface area contributed by atoms with Crippen molar-refractivity contribution < 1.29 is 9.47 Å². The average Bonchev–Trinajstić information content (AvgIpc) is 3.08. The van der Waals surface area contributed by atoms with Crippen LogP contribution in [0.3, 0.4) is 0 Å². The molecular weight excluding hydrogens is 270 g/mol. The predicted molar refractivity (Wildman–Crippen MR) is 67.2 cm³/mol. The average molecular weight is 286 g/mol. The Balaban J connectivity index is 2.46.